The topological polar surface area (TPSA) is 54.5 Å². The lowest BCUT2D eigenvalue weighted by Gasteiger charge is -2.07. The number of hydrogen-bond donors (Lipinski definition) is 0. The van der Waals surface area contributed by atoms with E-state index in [0.717, 1.165) is 30.1 Å². The van der Waals surface area contributed by atoms with Crippen molar-refractivity contribution in [2.24, 2.45) is 0 Å². The maximum absolute atomic E-state index is 8.93. The SMILES string of the molecule is Cc1ccccc1-c1csc(CCn2cncc2Cc2ccc(C#N)cc2)n1. The maximum atomic E-state index is 8.93. The van der Waals surface area contributed by atoms with Crippen LogP contribution in [0.15, 0.2) is 66.4 Å². The van der Waals surface area contributed by atoms with Crippen LogP contribution in [-0.4, -0.2) is 14.5 Å². The minimum atomic E-state index is 0.686. The first kappa shape index (κ1) is 18.1. The van der Waals surface area contributed by atoms with E-state index in [1.807, 2.05) is 36.8 Å². The van der Waals surface area contributed by atoms with Crippen LogP contribution in [0.5, 0.6) is 0 Å². The lowest BCUT2D eigenvalue weighted by Crippen LogP contribution is -2.05. The highest BCUT2D eigenvalue weighted by atomic mass is 32.1. The Morgan fingerprint density at radius 3 is 2.71 bits per heavy atom. The highest BCUT2D eigenvalue weighted by Gasteiger charge is 2.09. The van der Waals surface area contributed by atoms with Crippen molar-refractivity contribution in [2.75, 3.05) is 0 Å². The van der Waals surface area contributed by atoms with Crippen molar-refractivity contribution in [3.8, 4) is 17.3 Å². The molecule has 0 unspecified atom stereocenters. The summed E-state index contributed by atoms with van der Waals surface area (Å²) in [5, 5.41) is 12.2. The number of hydrogen-bond acceptors (Lipinski definition) is 4. The van der Waals surface area contributed by atoms with Crippen molar-refractivity contribution in [3.63, 3.8) is 0 Å². The summed E-state index contributed by atoms with van der Waals surface area (Å²) >= 11 is 1.71. The van der Waals surface area contributed by atoms with Crippen LogP contribution in [0.3, 0.4) is 0 Å². The maximum Gasteiger partial charge on any atom is 0.0991 e. The summed E-state index contributed by atoms with van der Waals surface area (Å²) in [4.78, 5) is 9.15. The summed E-state index contributed by atoms with van der Waals surface area (Å²) in [6, 6.07) is 18.2. The van der Waals surface area contributed by atoms with E-state index in [2.05, 4.69) is 52.2 Å². The fourth-order valence-corrected chi connectivity index (χ4v) is 4.02. The van der Waals surface area contributed by atoms with Gasteiger partial charge in [-0.25, -0.2) is 9.97 Å². The van der Waals surface area contributed by atoms with Crippen LogP contribution < -0.4 is 0 Å². The van der Waals surface area contributed by atoms with Gasteiger partial charge in [-0.05, 0) is 30.2 Å². The third kappa shape index (κ3) is 4.03. The zero-order valence-electron chi connectivity index (χ0n) is 15.7. The van der Waals surface area contributed by atoms with Crippen molar-refractivity contribution in [1.29, 1.82) is 5.26 Å². The van der Waals surface area contributed by atoms with E-state index in [1.165, 1.54) is 22.4 Å². The van der Waals surface area contributed by atoms with E-state index in [-0.39, 0.29) is 0 Å². The van der Waals surface area contributed by atoms with Gasteiger partial charge in [0.25, 0.3) is 0 Å². The van der Waals surface area contributed by atoms with Gasteiger partial charge >= 0.3 is 0 Å². The molecule has 0 saturated heterocycles. The predicted octanol–water partition coefficient (Wildman–Crippen LogP) is 5.02. The smallest absolute Gasteiger partial charge is 0.0991 e. The second kappa shape index (κ2) is 8.20. The van der Waals surface area contributed by atoms with E-state index < -0.39 is 0 Å². The van der Waals surface area contributed by atoms with Gasteiger partial charge in [0, 0.05) is 42.2 Å². The second-order valence-corrected chi connectivity index (χ2v) is 7.70. The molecular weight excluding hydrogens is 364 g/mol. The number of aromatic nitrogens is 3. The summed E-state index contributed by atoms with van der Waals surface area (Å²) in [6.07, 6.45) is 5.49. The van der Waals surface area contributed by atoms with Gasteiger partial charge in [0.1, 0.15) is 0 Å². The average molecular weight is 385 g/mol. The van der Waals surface area contributed by atoms with E-state index in [9.17, 15) is 0 Å². The average Bonchev–Trinajstić information content (AvgIpc) is 3.37. The lowest BCUT2D eigenvalue weighted by atomic mass is 10.1. The largest absolute Gasteiger partial charge is 0.334 e. The Morgan fingerprint density at radius 2 is 1.93 bits per heavy atom. The molecule has 0 N–H and O–H groups in total. The Balaban J connectivity index is 1.43. The number of thiazole rings is 1. The van der Waals surface area contributed by atoms with Crippen molar-refractivity contribution < 1.29 is 0 Å². The standard InChI is InChI=1S/C23H20N4S/c1-17-4-2-3-5-21(17)22-15-28-23(26-22)10-11-27-16-25-14-20(27)12-18-6-8-19(13-24)9-7-18/h2-9,14-16H,10-12H2,1H3. The fraction of sp³-hybridized carbons (Fsp3) is 0.174. The molecule has 2 aromatic heterocycles. The number of rotatable bonds is 6. The summed E-state index contributed by atoms with van der Waals surface area (Å²) in [6.45, 7) is 2.97. The van der Waals surface area contributed by atoms with Crippen molar-refractivity contribution in [2.45, 2.75) is 26.3 Å². The third-order valence-corrected chi connectivity index (χ3v) is 5.71. The van der Waals surface area contributed by atoms with Crippen LogP contribution in [0.2, 0.25) is 0 Å². The summed E-state index contributed by atoms with van der Waals surface area (Å²) < 4.78 is 2.19. The van der Waals surface area contributed by atoms with E-state index >= 15 is 0 Å². The molecule has 0 aliphatic rings. The molecule has 0 radical (unpaired) electrons. The monoisotopic (exact) mass is 384 g/mol. The molecule has 4 rings (SSSR count). The molecule has 4 aromatic rings. The molecule has 0 aliphatic heterocycles. The summed E-state index contributed by atoms with van der Waals surface area (Å²) in [5.41, 5.74) is 6.54. The Bertz CT molecular complexity index is 1120. The molecule has 0 amide bonds. The van der Waals surface area contributed by atoms with Crippen molar-refractivity contribution >= 4 is 11.3 Å². The third-order valence-electron chi connectivity index (χ3n) is 4.81. The molecule has 0 spiro atoms. The molecule has 0 aliphatic carbocycles. The molecule has 0 saturated carbocycles. The number of nitrogens with zero attached hydrogens (tertiary/aromatic N) is 4. The molecule has 0 atom stereocenters. The van der Waals surface area contributed by atoms with Gasteiger partial charge in [0.05, 0.1) is 28.7 Å². The van der Waals surface area contributed by atoms with Crippen LogP contribution in [0.25, 0.3) is 11.3 Å². The van der Waals surface area contributed by atoms with Crippen molar-refractivity contribution in [1.82, 2.24) is 14.5 Å². The van der Waals surface area contributed by atoms with Gasteiger partial charge in [-0.1, -0.05) is 36.4 Å². The van der Waals surface area contributed by atoms with Crippen LogP contribution in [-0.2, 0) is 19.4 Å². The Kier molecular flexibility index (Phi) is 5.31. The fourth-order valence-electron chi connectivity index (χ4n) is 3.23. The van der Waals surface area contributed by atoms with E-state index in [1.54, 1.807) is 11.3 Å². The molecule has 28 heavy (non-hydrogen) atoms. The second-order valence-electron chi connectivity index (χ2n) is 6.76. The van der Waals surface area contributed by atoms with Crippen LogP contribution in [0.1, 0.15) is 27.4 Å². The molecule has 0 fully saturated rings. The molecular formula is C23H20N4S. The van der Waals surface area contributed by atoms with Crippen LogP contribution in [0, 0.1) is 18.3 Å². The first-order valence-corrected chi connectivity index (χ1v) is 10.1. The van der Waals surface area contributed by atoms with Gasteiger partial charge in [0.15, 0.2) is 0 Å². The molecule has 5 heteroatoms. The first-order chi connectivity index (χ1) is 13.7. The minimum Gasteiger partial charge on any atom is -0.334 e. The normalized spacial score (nSPS) is 10.7. The number of imidazole rings is 1. The Labute approximate surface area is 168 Å². The summed E-state index contributed by atoms with van der Waals surface area (Å²) in [5.74, 6) is 0. The van der Waals surface area contributed by atoms with Gasteiger partial charge in [-0.3, -0.25) is 0 Å². The van der Waals surface area contributed by atoms with Gasteiger partial charge in [-0.15, -0.1) is 11.3 Å². The summed E-state index contributed by atoms with van der Waals surface area (Å²) in [7, 11) is 0. The molecule has 2 aromatic carbocycles. The molecule has 0 bridgehead atoms. The zero-order valence-corrected chi connectivity index (χ0v) is 16.5. The number of nitriles is 1. The van der Waals surface area contributed by atoms with Gasteiger partial charge in [0.2, 0.25) is 0 Å². The molecule has 138 valence electrons. The number of aryl methyl sites for hydroxylation is 3. The van der Waals surface area contributed by atoms with E-state index in [0.29, 0.717) is 5.56 Å². The quantitative estimate of drug-likeness (QED) is 0.469. The molecule has 2 heterocycles. The van der Waals surface area contributed by atoms with E-state index in [4.69, 9.17) is 10.2 Å². The highest BCUT2D eigenvalue weighted by molar-refractivity contribution is 7.09. The van der Waals surface area contributed by atoms with Gasteiger partial charge < -0.3 is 4.57 Å². The molecule has 4 nitrogen and oxygen atoms in total. The zero-order chi connectivity index (χ0) is 19.3. The number of benzene rings is 2. The van der Waals surface area contributed by atoms with Gasteiger partial charge in [-0.2, -0.15) is 5.26 Å². The van der Waals surface area contributed by atoms with Crippen LogP contribution in [0.4, 0.5) is 0 Å². The Hall–Kier alpha value is -3.23. The van der Waals surface area contributed by atoms with Crippen LogP contribution >= 0.6 is 11.3 Å². The Morgan fingerprint density at radius 1 is 1.11 bits per heavy atom. The first-order valence-electron chi connectivity index (χ1n) is 9.21. The predicted molar refractivity (Wildman–Crippen MR) is 112 cm³/mol. The van der Waals surface area contributed by atoms with Crippen molar-refractivity contribution in [3.05, 3.63) is 93.8 Å². The minimum absolute atomic E-state index is 0.686. The lowest BCUT2D eigenvalue weighted by molar-refractivity contribution is 0.666. The highest BCUT2D eigenvalue weighted by Crippen LogP contribution is 2.25.